The van der Waals surface area contributed by atoms with Gasteiger partial charge in [0.1, 0.15) is 0 Å². The third-order valence-corrected chi connectivity index (χ3v) is 4.27. The second-order valence-corrected chi connectivity index (χ2v) is 6.71. The first-order valence-corrected chi connectivity index (χ1v) is 7.13. The minimum atomic E-state index is -0.808. The van der Waals surface area contributed by atoms with Crippen LogP contribution in [0.2, 0.25) is 0 Å². The summed E-state index contributed by atoms with van der Waals surface area (Å²) >= 11 is 6.75. The molecule has 0 unspecified atom stereocenters. The smallest absolute Gasteiger partial charge is 0.0999 e. The van der Waals surface area contributed by atoms with Crippen molar-refractivity contribution >= 4 is 28.2 Å². The zero-order valence-corrected chi connectivity index (χ0v) is 12.0. The van der Waals surface area contributed by atoms with Gasteiger partial charge in [0, 0.05) is 0 Å². The topological polar surface area (TPSA) is 20.2 Å². The Balaban J connectivity index is 3.36. The molecule has 0 aliphatic heterocycles. The number of hydrogen-bond acceptors (Lipinski definition) is 3. The fourth-order valence-electron chi connectivity index (χ4n) is 1.17. The summed E-state index contributed by atoms with van der Waals surface area (Å²) in [5.41, 5.74) is -0.808. The molecule has 0 aliphatic carbocycles. The van der Waals surface area contributed by atoms with Gasteiger partial charge in [0.25, 0.3) is 0 Å². The van der Waals surface area contributed by atoms with Gasteiger partial charge < -0.3 is 5.11 Å². The zero-order chi connectivity index (χ0) is 11.9. The third kappa shape index (κ3) is 9.34. The largest absolute Gasteiger partial charge is 0.384 e. The van der Waals surface area contributed by atoms with Crippen LogP contribution < -0.4 is 0 Å². The second-order valence-electron chi connectivity index (χ2n) is 4.94. The molecule has 0 saturated carbocycles. The number of thiocarbonyl (C=S) groups is 1. The summed E-state index contributed by atoms with van der Waals surface area (Å²) in [7, 11) is 0. The van der Waals surface area contributed by atoms with E-state index in [2.05, 4.69) is 13.8 Å². The van der Waals surface area contributed by atoms with E-state index >= 15 is 0 Å². The molecule has 1 N–H and O–H groups in total. The highest BCUT2D eigenvalue weighted by molar-refractivity contribution is 8.23. The molecule has 3 heteroatoms. The average Bonchev–Trinajstić information content (AvgIpc) is 2.08. The molecule has 15 heavy (non-hydrogen) atoms. The molecule has 0 aromatic rings. The Labute approximate surface area is 104 Å². The van der Waals surface area contributed by atoms with Crippen LogP contribution in [0.4, 0.5) is 0 Å². The van der Waals surface area contributed by atoms with E-state index in [9.17, 15) is 5.11 Å². The molecular formula is C12H24OS2. The van der Waals surface area contributed by atoms with Gasteiger partial charge in [0.2, 0.25) is 0 Å². The van der Waals surface area contributed by atoms with Crippen molar-refractivity contribution in [1.82, 2.24) is 0 Å². The van der Waals surface area contributed by atoms with Gasteiger partial charge >= 0.3 is 0 Å². The third-order valence-electron chi connectivity index (χ3n) is 2.16. The first kappa shape index (κ1) is 15.4. The van der Waals surface area contributed by atoms with Gasteiger partial charge in [-0.3, -0.25) is 0 Å². The van der Waals surface area contributed by atoms with E-state index < -0.39 is 5.60 Å². The maximum absolute atomic E-state index is 9.60. The highest BCUT2D eigenvalue weighted by Crippen LogP contribution is 2.19. The molecule has 0 spiro atoms. The van der Waals surface area contributed by atoms with Crippen molar-refractivity contribution in [2.24, 2.45) is 5.92 Å². The summed E-state index contributed by atoms with van der Waals surface area (Å²) in [6, 6.07) is 0. The van der Waals surface area contributed by atoms with E-state index in [-0.39, 0.29) is 0 Å². The lowest BCUT2D eigenvalue weighted by Crippen LogP contribution is -2.27. The summed E-state index contributed by atoms with van der Waals surface area (Å²) in [4.78, 5) is 0. The van der Waals surface area contributed by atoms with Gasteiger partial charge in [-0.05, 0) is 31.9 Å². The van der Waals surface area contributed by atoms with Crippen LogP contribution in [0.3, 0.4) is 0 Å². The molecule has 0 atom stereocenters. The van der Waals surface area contributed by atoms with E-state index in [1.165, 1.54) is 25.7 Å². The predicted molar refractivity (Wildman–Crippen MR) is 74.7 cm³/mol. The molecule has 0 aliphatic rings. The van der Waals surface area contributed by atoms with Crippen molar-refractivity contribution in [2.75, 3.05) is 5.75 Å². The molecule has 0 fully saturated rings. The Bertz CT molecular complexity index is 183. The standard InChI is InChI=1S/C12H24OS2/c1-10(2)8-6-5-7-9-15-11(14)12(3,4)13/h10,13H,5-9H2,1-4H3. The number of hydrogen-bond donors (Lipinski definition) is 1. The Morgan fingerprint density at radius 1 is 1.27 bits per heavy atom. The van der Waals surface area contributed by atoms with Crippen molar-refractivity contribution in [3.05, 3.63) is 0 Å². The summed E-state index contributed by atoms with van der Waals surface area (Å²) < 4.78 is 0.714. The number of rotatable bonds is 7. The fraction of sp³-hybridized carbons (Fsp3) is 0.917. The molecule has 1 nitrogen and oxygen atoms in total. The average molecular weight is 248 g/mol. The molecule has 0 rings (SSSR count). The summed E-state index contributed by atoms with van der Waals surface area (Å²) in [6.07, 6.45) is 5.11. The van der Waals surface area contributed by atoms with Crippen molar-refractivity contribution in [3.63, 3.8) is 0 Å². The lowest BCUT2D eigenvalue weighted by atomic mass is 10.1. The normalized spacial score (nSPS) is 12.1. The van der Waals surface area contributed by atoms with Gasteiger partial charge in [-0.1, -0.05) is 45.3 Å². The van der Waals surface area contributed by atoms with Crippen LogP contribution in [-0.4, -0.2) is 20.7 Å². The Hall–Kier alpha value is 0.400. The lowest BCUT2D eigenvalue weighted by molar-refractivity contribution is 0.160. The van der Waals surface area contributed by atoms with Gasteiger partial charge in [-0.15, -0.1) is 11.8 Å². The monoisotopic (exact) mass is 248 g/mol. The van der Waals surface area contributed by atoms with Crippen molar-refractivity contribution in [2.45, 2.75) is 59.0 Å². The summed E-state index contributed by atoms with van der Waals surface area (Å²) in [5, 5.41) is 9.60. The quantitative estimate of drug-likeness (QED) is 0.542. The molecule has 0 aromatic heterocycles. The first-order chi connectivity index (χ1) is 6.84. The molecule has 0 saturated heterocycles. The van der Waals surface area contributed by atoms with Gasteiger partial charge in [-0.2, -0.15) is 0 Å². The number of unbranched alkanes of at least 4 members (excludes halogenated alkanes) is 2. The molecular weight excluding hydrogens is 224 g/mol. The van der Waals surface area contributed by atoms with Crippen LogP contribution in [0.15, 0.2) is 0 Å². The van der Waals surface area contributed by atoms with Gasteiger partial charge in [-0.25, -0.2) is 0 Å². The zero-order valence-electron chi connectivity index (χ0n) is 10.4. The van der Waals surface area contributed by atoms with E-state index in [0.717, 1.165) is 11.7 Å². The highest BCUT2D eigenvalue weighted by atomic mass is 32.2. The maximum atomic E-state index is 9.60. The van der Waals surface area contributed by atoms with Crippen LogP contribution in [0.25, 0.3) is 0 Å². The van der Waals surface area contributed by atoms with E-state index in [1.807, 2.05) is 0 Å². The van der Waals surface area contributed by atoms with Crippen LogP contribution in [0, 0.1) is 5.92 Å². The molecule has 0 heterocycles. The minimum absolute atomic E-state index is 0.714. The first-order valence-electron chi connectivity index (χ1n) is 5.73. The Kier molecular flexibility index (Phi) is 7.84. The van der Waals surface area contributed by atoms with Crippen LogP contribution in [0.1, 0.15) is 53.4 Å². The molecule has 0 amide bonds. The minimum Gasteiger partial charge on any atom is -0.384 e. The van der Waals surface area contributed by atoms with E-state index in [0.29, 0.717) is 4.20 Å². The van der Waals surface area contributed by atoms with Crippen molar-refractivity contribution in [3.8, 4) is 0 Å². The van der Waals surface area contributed by atoms with Crippen LogP contribution >= 0.6 is 24.0 Å². The van der Waals surface area contributed by atoms with Crippen LogP contribution in [0.5, 0.6) is 0 Å². The van der Waals surface area contributed by atoms with Gasteiger partial charge in [0.15, 0.2) is 0 Å². The molecule has 90 valence electrons. The Morgan fingerprint density at radius 2 is 1.87 bits per heavy atom. The van der Waals surface area contributed by atoms with Crippen molar-refractivity contribution < 1.29 is 5.11 Å². The van der Waals surface area contributed by atoms with Crippen LogP contribution in [-0.2, 0) is 0 Å². The summed E-state index contributed by atoms with van der Waals surface area (Å²) in [5.74, 6) is 1.86. The van der Waals surface area contributed by atoms with E-state index in [1.54, 1.807) is 25.6 Å². The predicted octanol–water partition coefficient (Wildman–Crippen LogP) is 4.03. The fourth-order valence-corrected chi connectivity index (χ4v) is 2.31. The highest BCUT2D eigenvalue weighted by Gasteiger charge is 2.18. The van der Waals surface area contributed by atoms with Crippen molar-refractivity contribution in [1.29, 1.82) is 0 Å². The molecule has 0 bridgehead atoms. The molecule has 0 radical (unpaired) electrons. The second kappa shape index (κ2) is 7.64. The summed E-state index contributed by atoms with van der Waals surface area (Å²) in [6.45, 7) is 8.03. The SMILES string of the molecule is CC(C)CCCCCSC(=S)C(C)(C)O. The Morgan fingerprint density at radius 3 is 2.33 bits per heavy atom. The van der Waals surface area contributed by atoms with Gasteiger partial charge in [0.05, 0.1) is 9.80 Å². The number of thioether (sulfide) groups is 1. The lowest BCUT2D eigenvalue weighted by Gasteiger charge is -2.17. The number of aliphatic hydroxyl groups is 1. The maximum Gasteiger partial charge on any atom is 0.0999 e. The van der Waals surface area contributed by atoms with E-state index in [4.69, 9.17) is 12.2 Å². The molecule has 0 aromatic carbocycles.